The number of carboxylic acid groups (broad SMARTS) is 1. The molecule has 1 aromatic rings. The van der Waals surface area contributed by atoms with Gasteiger partial charge in [0.05, 0.1) is 18.8 Å². The molecule has 0 aliphatic carbocycles. The maximum absolute atomic E-state index is 11.1. The molecule has 17 heavy (non-hydrogen) atoms. The van der Waals surface area contributed by atoms with E-state index in [2.05, 4.69) is 0 Å². The van der Waals surface area contributed by atoms with Crippen LogP contribution in [0.1, 0.15) is 21.8 Å². The van der Waals surface area contributed by atoms with Crippen LogP contribution in [0.3, 0.4) is 0 Å². The minimum Gasteiger partial charge on any atom is -0.478 e. The number of carboxylic acids is 1. The fourth-order valence-electron chi connectivity index (χ4n) is 1.62. The molecule has 0 saturated heterocycles. The highest BCUT2D eigenvalue weighted by atomic mass is 16.4. The van der Waals surface area contributed by atoms with Crippen LogP contribution in [-0.4, -0.2) is 48.6 Å². The second-order valence-electron chi connectivity index (χ2n) is 4.03. The summed E-state index contributed by atoms with van der Waals surface area (Å²) < 4.78 is 0. The molecule has 5 nitrogen and oxygen atoms in total. The minimum absolute atomic E-state index is 0.115. The maximum atomic E-state index is 11.1. The van der Waals surface area contributed by atoms with Gasteiger partial charge >= 0.3 is 5.97 Å². The van der Waals surface area contributed by atoms with E-state index in [9.17, 15) is 4.79 Å². The van der Waals surface area contributed by atoms with Crippen LogP contribution in [0.25, 0.3) is 0 Å². The van der Waals surface area contributed by atoms with Gasteiger partial charge in [-0.15, -0.1) is 0 Å². The van der Waals surface area contributed by atoms with Crippen molar-refractivity contribution in [2.45, 2.75) is 5.92 Å². The molecule has 0 aliphatic heterocycles. The van der Waals surface area contributed by atoms with Crippen LogP contribution < -0.4 is 4.90 Å². The molecule has 0 fully saturated rings. The maximum Gasteiger partial charge on any atom is 0.335 e. The van der Waals surface area contributed by atoms with Gasteiger partial charge in [-0.2, -0.15) is 0 Å². The predicted molar refractivity (Wildman–Crippen MR) is 64.6 cm³/mol. The highest BCUT2D eigenvalue weighted by Crippen LogP contribution is 2.25. The highest BCUT2D eigenvalue weighted by Gasteiger charge is 2.18. The third-order valence-corrected chi connectivity index (χ3v) is 2.66. The number of hydrogen-bond acceptors (Lipinski definition) is 4. The Bertz CT molecular complexity index is 399. The van der Waals surface area contributed by atoms with Crippen LogP contribution in [0, 0.1) is 0 Å². The largest absolute Gasteiger partial charge is 0.478 e. The summed E-state index contributed by atoms with van der Waals surface area (Å²) in [5, 5.41) is 27.4. The van der Waals surface area contributed by atoms with E-state index in [1.54, 1.807) is 12.1 Å². The smallest absolute Gasteiger partial charge is 0.335 e. The van der Waals surface area contributed by atoms with Crippen molar-refractivity contribution in [3.8, 4) is 0 Å². The fraction of sp³-hybridized carbons (Fsp3) is 0.417. The second-order valence-corrected chi connectivity index (χ2v) is 4.03. The van der Waals surface area contributed by atoms with Crippen molar-refractivity contribution in [1.82, 2.24) is 0 Å². The number of hydrogen-bond donors (Lipinski definition) is 3. The molecule has 0 atom stereocenters. The average Bonchev–Trinajstić information content (AvgIpc) is 2.30. The summed E-state index contributed by atoms with van der Waals surface area (Å²) in [5.74, 6) is -1.63. The fourth-order valence-corrected chi connectivity index (χ4v) is 1.62. The van der Waals surface area contributed by atoms with Crippen LogP contribution >= 0.6 is 0 Å². The quantitative estimate of drug-likeness (QED) is 0.698. The number of aromatic carboxylic acids is 1. The summed E-state index contributed by atoms with van der Waals surface area (Å²) >= 11 is 0. The SMILES string of the molecule is CN(C)c1ccc(C(=O)O)c(C(CO)CO)c1. The summed E-state index contributed by atoms with van der Waals surface area (Å²) in [6.45, 7) is -0.568. The molecule has 1 aromatic carbocycles. The Morgan fingerprint density at radius 2 is 1.88 bits per heavy atom. The Morgan fingerprint density at radius 3 is 2.29 bits per heavy atom. The molecule has 0 saturated carbocycles. The molecule has 0 amide bonds. The first-order chi connectivity index (χ1) is 8.01. The minimum atomic E-state index is -1.06. The summed E-state index contributed by atoms with van der Waals surface area (Å²) in [4.78, 5) is 12.9. The molecule has 0 aliphatic rings. The zero-order valence-electron chi connectivity index (χ0n) is 9.92. The lowest BCUT2D eigenvalue weighted by molar-refractivity contribution is 0.0694. The number of carbonyl (C=O) groups is 1. The highest BCUT2D eigenvalue weighted by molar-refractivity contribution is 5.90. The van der Waals surface area contributed by atoms with Crippen molar-refractivity contribution in [3.63, 3.8) is 0 Å². The summed E-state index contributed by atoms with van der Waals surface area (Å²) in [6, 6.07) is 4.87. The molecule has 0 unspecified atom stereocenters. The van der Waals surface area contributed by atoms with Gasteiger partial charge in [0, 0.05) is 25.7 Å². The first kappa shape index (κ1) is 13.5. The number of anilines is 1. The normalized spacial score (nSPS) is 10.6. The number of aliphatic hydroxyl groups is 2. The van der Waals surface area contributed by atoms with E-state index in [-0.39, 0.29) is 18.8 Å². The van der Waals surface area contributed by atoms with Crippen LogP contribution in [-0.2, 0) is 0 Å². The number of aliphatic hydroxyl groups excluding tert-OH is 2. The third-order valence-electron chi connectivity index (χ3n) is 2.66. The second kappa shape index (κ2) is 5.65. The monoisotopic (exact) mass is 239 g/mol. The molecular weight excluding hydrogens is 222 g/mol. The van der Waals surface area contributed by atoms with E-state index in [0.717, 1.165) is 5.69 Å². The summed E-state index contributed by atoms with van der Waals surface area (Å²) in [5.41, 5.74) is 1.40. The molecule has 0 spiro atoms. The lowest BCUT2D eigenvalue weighted by Gasteiger charge is -2.19. The van der Waals surface area contributed by atoms with Crippen LogP contribution in [0.15, 0.2) is 18.2 Å². The Kier molecular flexibility index (Phi) is 4.48. The van der Waals surface area contributed by atoms with Crippen molar-refractivity contribution in [2.75, 3.05) is 32.2 Å². The first-order valence-corrected chi connectivity index (χ1v) is 5.27. The van der Waals surface area contributed by atoms with Crippen molar-refractivity contribution >= 4 is 11.7 Å². The molecule has 0 bridgehead atoms. The standard InChI is InChI=1S/C12H17NO4/c1-13(2)9-3-4-10(12(16)17)11(5-9)8(6-14)7-15/h3-5,8,14-15H,6-7H2,1-2H3,(H,16,17). The van der Waals surface area contributed by atoms with Gasteiger partial charge in [-0.25, -0.2) is 4.79 Å². The van der Waals surface area contributed by atoms with Gasteiger partial charge in [-0.3, -0.25) is 0 Å². The zero-order valence-corrected chi connectivity index (χ0v) is 9.92. The van der Waals surface area contributed by atoms with Crippen LogP contribution in [0.4, 0.5) is 5.69 Å². The van der Waals surface area contributed by atoms with Crippen molar-refractivity contribution < 1.29 is 20.1 Å². The van der Waals surface area contributed by atoms with E-state index in [1.165, 1.54) is 6.07 Å². The Hall–Kier alpha value is -1.59. The van der Waals surface area contributed by atoms with Gasteiger partial charge in [0.1, 0.15) is 0 Å². The molecule has 0 heterocycles. The van der Waals surface area contributed by atoms with E-state index in [4.69, 9.17) is 15.3 Å². The first-order valence-electron chi connectivity index (χ1n) is 5.27. The van der Waals surface area contributed by atoms with E-state index in [0.29, 0.717) is 5.56 Å². The molecular formula is C12H17NO4. The topological polar surface area (TPSA) is 81.0 Å². The molecule has 1 rings (SSSR count). The number of nitrogens with zero attached hydrogens (tertiary/aromatic N) is 1. The van der Waals surface area contributed by atoms with Crippen LogP contribution in [0.2, 0.25) is 0 Å². The van der Waals surface area contributed by atoms with Crippen LogP contribution in [0.5, 0.6) is 0 Å². The summed E-state index contributed by atoms with van der Waals surface area (Å²) in [6.07, 6.45) is 0. The van der Waals surface area contributed by atoms with E-state index in [1.807, 2.05) is 19.0 Å². The zero-order chi connectivity index (χ0) is 13.0. The lowest BCUT2D eigenvalue weighted by Crippen LogP contribution is -2.16. The van der Waals surface area contributed by atoms with Crippen molar-refractivity contribution in [2.24, 2.45) is 0 Å². The lowest BCUT2D eigenvalue weighted by atomic mass is 9.94. The average molecular weight is 239 g/mol. The molecule has 94 valence electrons. The Labute approximate surface area is 99.9 Å². The van der Waals surface area contributed by atoms with Gasteiger partial charge in [-0.05, 0) is 23.8 Å². The Morgan fingerprint density at radius 1 is 1.29 bits per heavy atom. The van der Waals surface area contributed by atoms with Gasteiger partial charge in [0.15, 0.2) is 0 Å². The van der Waals surface area contributed by atoms with Crippen molar-refractivity contribution in [1.29, 1.82) is 0 Å². The van der Waals surface area contributed by atoms with E-state index >= 15 is 0 Å². The van der Waals surface area contributed by atoms with Gasteiger partial charge in [0.25, 0.3) is 0 Å². The third kappa shape index (κ3) is 2.95. The number of rotatable bonds is 5. The number of benzene rings is 1. The molecule has 0 radical (unpaired) electrons. The Balaban J connectivity index is 3.29. The summed E-state index contributed by atoms with van der Waals surface area (Å²) in [7, 11) is 3.68. The van der Waals surface area contributed by atoms with Crippen molar-refractivity contribution in [3.05, 3.63) is 29.3 Å². The molecule has 5 heteroatoms. The molecule has 0 aromatic heterocycles. The van der Waals surface area contributed by atoms with Gasteiger partial charge in [-0.1, -0.05) is 0 Å². The van der Waals surface area contributed by atoms with Gasteiger partial charge in [0.2, 0.25) is 0 Å². The van der Waals surface area contributed by atoms with Gasteiger partial charge < -0.3 is 20.2 Å². The molecule has 3 N–H and O–H groups in total. The van der Waals surface area contributed by atoms with E-state index < -0.39 is 11.9 Å². The predicted octanol–water partition coefficient (Wildman–Crippen LogP) is 0.519.